The van der Waals surface area contributed by atoms with Crippen LogP contribution in [0.25, 0.3) is 0 Å². The number of allylic oxidation sites excluding steroid dienone is 1. The highest BCUT2D eigenvalue weighted by molar-refractivity contribution is 6.00. The third-order valence-corrected chi connectivity index (χ3v) is 11.8. The number of aliphatic carboxylic acids is 1. The molecule has 7 heteroatoms. The van der Waals surface area contributed by atoms with Crippen LogP contribution in [0, 0.1) is 45.3 Å². The lowest BCUT2D eigenvalue weighted by Gasteiger charge is -2.62. The van der Waals surface area contributed by atoms with Crippen LogP contribution in [0.4, 0.5) is 0 Å². The second-order valence-electron chi connectivity index (χ2n) is 14.1. The van der Waals surface area contributed by atoms with Crippen molar-refractivity contribution in [2.75, 3.05) is 0 Å². The van der Waals surface area contributed by atoms with Crippen molar-refractivity contribution in [1.82, 2.24) is 0 Å². The fourth-order valence-electron chi connectivity index (χ4n) is 9.39. The number of carboxylic acid groups (broad SMARTS) is 1. The molecule has 7 nitrogen and oxygen atoms in total. The number of carboxylic acids is 1. The Morgan fingerprint density at radius 2 is 1.59 bits per heavy atom. The monoisotopic (exact) mass is 518 g/mol. The summed E-state index contributed by atoms with van der Waals surface area (Å²) in [6, 6.07) is 0. The Hall–Kier alpha value is -1.57. The van der Waals surface area contributed by atoms with Crippen LogP contribution in [0.3, 0.4) is 0 Å². The number of rotatable bonds is 6. The number of ketones is 2. The van der Waals surface area contributed by atoms with Gasteiger partial charge in [-0.1, -0.05) is 48.5 Å². The molecule has 4 aliphatic carbocycles. The van der Waals surface area contributed by atoms with Crippen molar-refractivity contribution in [3.63, 3.8) is 0 Å². The number of aliphatic hydroxyl groups is 3. The third kappa shape index (κ3) is 3.89. The van der Waals surface area contributed by atoms with Gasteiger partial charge in [0.05, 0.1) is 24.2 Å². The molecule has 0 aromatic heterocycles. The van der Waals surface area contributed by atoms with Gasteiger partial charge in [-0.15, -0.1) is 0 Å². The number of aliphatic hydroxyl groups excluding tert-OH is 3. The minimum Gasteiger partial charge on any atom is -0.481 e. The van der Waals surface area contributed by atoms with Gasteiger partial charge >= 0.3 is 5.97 Å². The third-order valence-electron chi connectivity index (χ3n) is 11.8. The quantitative estimate of drug-likeness (QED) is 0.419. The van der Waals surface area contributed by atoms with Crippen LogP contribution in [-0.4, -0.2) is 56.3 Å². The van der Waals surface area contributed by atoms with Crippen LogP contribution in [-0.2, 0) is 14.4 Å². The lowest BCUT2D eigenvalue weighted by atomic mass is 9.42. The number of fused-ring (bicyclic) bond motifs is 4. The Balaban J connectivity index is 1.74. The fraction of sp³-hybridized carbons (Fsp3) is 0.833. The molecular weight excluding hydrogens is 472 g/mol. The molecular formula is C30H46O7. The highest BCUT2D eigenvalue weighted by atomic mass is 16.4. The predicted molar refractivity (Wildman–Crippen MR) is 138 cm³/mol. The molecule has 208 valence electrons. The van der Waals surface area contributed by atoms with Gasteiger partial charge in [0, 0.05) is 30.3 Å². The van der Waals surface area contributed by atoms with E-state index in [1.807, 2.05) is 34.6 Å². The topological polar surface area (TPSA) is 132 Å². The first-order valence-corrected chi connectivity index (χ1v) is 14.0. The first kappa shape index (κ1) is 28.4. The van der Waals surface area contributed by atoms with Crippen molar-refractivity contribution >= 4 is 17.5 Å². The Bertz CT molecular complexity index is 1030. The second-order valence-corrected chi connectivity index (χ2v) is 14.1. The number of Topliss-reactive ketones (excluding diaryl/α,β-unsaturated/α-hetero) is 2. The van der Waals surface area contributed by atoms with Crippen molar-refractivity contribution < 1.29 is 34.8 Å². The van der Waals surface area contributed by atoms with Gasteiger partial charge in [-0.2, -0.15) is 0 Å². The summed E-state index contributed by atoms with van der Waals surface area (Å²) in [7, 11) is 0. The van der Waals surface area contributed by atoms with Gasteiger partial charge in [0.2, 0.25) is 0 Å². The van der Waals surface area contributed by atoms with Gasteiger partial charge in [-0.25, -0.2) is 0 Å². The molecule has 0 amide bonds. The highest BCUT2D eigenvalue weighted by Gasteiger charge is 2.70. The molecule has 0 saturated heterocycles. The summed E-state index contributed by atoms with van der Waals surface area (Å²) in [5, 5.41) is 43.3. The Kier molecular flexibility index (Phi) is 6.91. The summed E-state index contributed by atoms with van der Waals surface area (Å²) >= 11 is 0. The zero-order valence-electron chi connectivity index (χ0n) is 23.5. The molecule has 7 unspecified atom stereocenters. The molecule has 0 spiro atoms. The van der Waals surface area contributed by atoms with E-state index in [-0.39, 0.29) is 48.6 Å². The van der Waals surface area contributed by atoms with Crippen molar-refractivity contribution in [2.45, 2.75) is 112 Å². The minimum atomic E-state index is -0.995. The van der Waals surface area contributed by atoms with Crippen molar-refractivity contribution in [2.24, 2.45) is 45.3 Å². The van der Waals surface area contributed by atoms with Gasteiger partial charge in [0.1, 0.15) is 5.78 Å². The van der Waals surface area contributed by atoms with E-state index in [1.54, 1.807) is 0 Å². The number of hydrogen-bond donors (Lipinski definition) is 4. The maximum absolute atomic E-state index is 14.1. The van der Waals surface area contributed by atoms with E-state index in [2.05, 4.69) is 6.92 Å². The van der Waals surface area contributed by atoms with E-state index >= 15 is 0 Å². The molecule has 2 fully saturated rings. The summed E-state index contributed by atoms with van der Waals surface area (Å²) < 4.78 is 0. The van der Waals surface area contributed by atoms with Crippen LogP contribution in [0.1, 0.15) is 93.4 Å². The second kappa shape index (κ2) is 8.99. The lowest BCUT2D eigenvalue weighted by molar-refractivity contribution is -0.143. The molecule has 0 aromatic carbocycles. The molecule has 4 N–H and O–H groups in total. The van der Waals surface area contributed by atoms with Gasteiger partial charge in [-0.3, -0.25) is 14.4 Å². The maximum Gasteiger partial charge on any atom is 0.306 e. The fourth-order valence-corrected chi connectivity index (χ4v) is 9.39. The van der Waals surface area contributed by atoms with Gasteiger partial charge < -0.3 is 20.4 Å². The lowest BCUT2D eigenvalue weighted by Crippen LogP contribution is -2.61. The molecule has 0 aromatic rings. The van der Waals surface area contributed by atoms with Gasteiger partial charge in [0.15, 0.2) is 5.78 Å². The summed E-state index contributed by atoms with van der Waals surface area (Å²) in [6.07, 6.45) is 0.391. The number of carbonyl (C=O) groups is 3. The van der Waals surface area contributed by atoms with Crippen LogP contribution in [0.2, 0.25) is 0 Å². The molecule has 10 atom stereocenters. The Morgan fingerprint density at radius 1 is 0.973 bits per heavy atom. The molecule has 2 saturated carbocycles. The normalized spacial score (nSPS) is 44.5. The van der Waals surface area contributed by atoms with Crippen molar-refractivity contribution in [1.29, 1.82) is 0 Å². The summed E-state index contributed by atoms with van der Waals surface area (Å²) in [6.45, 7) is 13.7. The molecule has 0 aliphatic heterocycles. The summed E-state index contributed by atoms with van der Waals surface area (Å²) in [5.41, 5.74) is -1.03. The molecule has 0 radical (unpaired) electrons. The average Bonchev–Trinajstić information content (AvgIpc) is 2.99. The Morgan fingerprint density at radius 3 is 2.19 bits per heavy atom. The zero-order chi connectivity index (χ0) is 27.9. The van der Waals surface area contributed by atoms with E-state index < -0.39 is 51.9 Å². The van der Waals surface area contributed by atoms with E-state index in [0.717, 1.165) is 0 Å². The van der Waals surface area contributed by atoms with Crippen molar-refractivity contribution in [3.8, 4) is 0 Å². The summed E-state index contributed by atoms with van der Waals surface area (Å²) in [5.74, 6) is -2.17. The average molecular weight is 519 g/mol. The van der Waals surface area contributed by atoms with E-state index in [1.165, 1.54) is 6.92 Å². The molecule has 4 rings (SSSR count). The first-order valence-electron chi connectivity index (χ1n) is 14.0. The van der Waals surface area contributed by atoms with E-state index in [9.17, 15) is 34.8 Å². The summed E-state index contributed by atoms with van der Waals surface area (Å²) in [4.78, 5) is 38.0. The SMILES string of the molecule is CC(CC(=O)CC(C)C1CC(O)[C@@]2(C)C3=C(C(=O)C[C@]12C)[C@@]1(C)CCC(O)C(C)(C)C1CC3O)C(=O)O. The first-order chi connectivity index (χ1) is 16.9. The number of carbonyl (C=O) groups excluding carboxylic acids is 2. The maximum atomic E-state index is 14.1. The van der Waals surface area contributed by atoms with Gasteiger partial charge in [-0.05, 0) is 65.3 Å². The largest absolute Gasteiger partial charge is 0.481 e. The standard InChI is InChI=1S/C30H46O7/c1-15(10-17(31)11-16(2)26(36)37)18-12-23(35)30(7)25-19(32)13-21-27(3,4)22(34)8-9-28(21,5)24(25)20(33)14-29(18,30)6/h15-16,18-19,21-23,32,34-35H,8-14H2,1-7H3,(H,36,37)/t15?,16?,18?,19?,21?,22?,23?,28-,29+,30-/m0/s1. The predicted octanol–water partition coefficient (Wildman–Crippen LogP) is 3.92. The van der Waals surface area contributed by atoms with Gasteiger partial charge in [0.25, 0.3) is 0 Å². The smallest absolute Gasteiger partial charge is 0.306 e. The zero-order valence-corrected chi connectivity index (χ0v) is 23.5. The van der Waals surface area contributed by atoms with E-state index in [4.69, 9.17) is 0 Å². The van der Waals surface area contributed by atoms with Crippen molar-refractivity contribution in [3.05, 3.63) is 11.1 Å². The van der Waals surface area contributed by atoms with Crippen LogP contribution >= 0.6 is 0 Å². The number of hydrogen-bond acceptors (Lipinski definition) is 6. The highest BCUT2D eigenvalue weighted by Crippen LogP contribution is 2.71. The van der Waals surface area contributed by atoms with Crippen LogP contribution < -0.4 is 0 Å². The molecule has 37 heavy (non-hydrogen) atoms. The molecule has 4 aliphatic rings. The van der Waals surface area contributed by atoms with Crippen LogP contribution in [0.15, 0.2) is 11.1 Å². The molecule has 0 heterocycles. The minimum absolute atomic E-state index is 0.0190. The molecule has 0 bridgehead atoms. The Labute approximate surface area is 220 Å². The van der Waals surface area contributed by atoms with Crippen LogP contribution in [0.5, 0.6) is 0 Å². The van der Waals surface area contributed by atoms with E-state index in [0.29, 0.717) is 36.8 Å².